The zero-order chi connectivity index (χ0) is 64.1. The first-order chi connectivity index (χ1) is 39.4. The first kappa shape index (κ1) is 64.8. The number of nitro benzene ring substituents is 1. The molecule has 0 saturated carbocycles. The van der Waals surface area contributed by atoms with Crippen LogP contribution in [0.1, 0.15) is 54.9 Å². The molecule has 0 aliphatic heterocycles. The fraction of sp³-hybridized carbons (Fsp3) is 0.164. The average Bonchev–Trinajstić information content (AvgIpc) is 0.810. The number of fused-ring (bicyclic) bond motifs is 1. The van der Waals surface area contributed by atoms with Crippen molar-refractivity contribution in [3.8, 4) is 11.6 Å². The number of nitrogens with zero attached hydrogens (tertiary/aromatic N) is 2. The summed E-state index contributed by atoms with van der Waals surface area (Å²) in [5, 5.41) is 12.0. The zero-order valence-corrected chi connectivity index (χ0v) is 42.0. The number of ether oxygens (including phenoxy) is 1. The third-order valence-electron chi connectivity index (χ3n) is 13.0. The number of benzene rings is 7. The molecule has 0 aliphatic carbocycles. The van der Waals surface area contributed by atoms with E-state index in [-0.39, 0.29) is 18.0 Å². The van der Waals surface area contributed by atoms with Crippen molar-refractivity contribution in [2.45, 2.75) is 56.0 Å². The minimum Gasteiger partial charge on any atom is -0.405 e. The molecule has 0 saturated heterocycles. The number of non-ortho nitro benzene ring substituents is 1. The average molecular weight is 1250 g/mol. The number of alkyl halides is 24. The van der Waals surface area contributed by atoms with Gasteiger partial charge in [-0.15, -0.1) is 0 Å². The van der Waals surface area contributed by atoms with Gasteiger partial charge in [-0.05, 0) is 42.5 Å². The van der Waals surface area contributed by atoms with Crippen LogP contribution in [-0.4, -0.2) is 16.9 Å². The maximum absolute atomic E-state index is 14.2. The van der Waals surface area contributed by atoms with Crippen LogP contribution in [0.3, 0.4) is 0 Å². The monoisotopic (exact) mass is 1250 g/mol. The number of hydrogen-bond donors (Lipinski definition) is 0. The van der Waals surface area contributed by atoms with E-state index in [0.29, 0.717) is 17.2 Å². The number of halogens is 24. The molecule has 0 atom stereocenters. The molecular formula is C55H29BF24N2O4. The van der Waals surface area contributed by atoms with E-state index in [1.807, 2.05) is 48.5 Å². The van der Waals surface area contributed by atoms with E-state index in [9.17, 15) is 120 Å². The fourth-order valence-corrected chi connectivity index (χ4v) is 9.21. The summed E-state index contributed by atoms with van der Waals surface area (Å²) in [5.74, 6) is 0.694. The van der Waals surface area contributed by atoms with Crippen LogP contribution in [0.5, 0.6) is 11.6 Å². The Morgan fingerprint density at radius 2 is 0.721 bits per heavy atom. The molecule has 0 unspecified atom stereocenters. The molecule has 0 amide bonds. The highest BCUT2D eigenvalue weighted by Crippen LogP contribution is 2.42. The van der Waals surface area contributed by atoms with Crippen LogP contribution in [-0.2, 0) is 56.0 Å². The van der Waals surface area contributed by atoms with Gasteiger partial charge < -0.3 is 4.74 Å². The number of rotatable bonds is 10. The summed E-state index contributed by atoms with van der Waals surface area (Å²) in [6.07, 6.45) is -54.8. The van der Waals surface area contributed by atoms with Gasteiger partial charge in [0.15, 0.2) is 0 Å². The van der Waals surface area contributed by atoms with E-state index >= 15 is 0 Å². The Balaban J connectivity index is 0.000000302. The molecule has 0 spiro atoms. The van der Waals surface area contributed by atoms with Gasteiger partial charge in [-0.3, -0.25) is 14.9 Å². The van der Waals surface area contributed by atoms with E-state index in [1.165, 1.54) is 12.1 Å². The van der Waals surface area contributed by atoms with Gasteiger partial charge in [0, 0.05) is 23.1 Å². The quantitative estimate of drug-likeness (QED) is 0.0342. The molecule has 8 aromatic rings. The Bertz CT molecular complexity index is 3410. The molecule has 8 rings (SSSR count). The second-order valence-corrected chi connectivity index (χ2v) is 18.7. The van der Waals surface area contributed by atoms with E-state index < -0.39 is 200 Å². The molecular weight excluding hydrogens is 1220 g/mol. The van der Waals surface area contributed by atoms with Gasteiger partial charge in [0.05, 0.1) is 61.6 Å². The summed E-state index contributed by atoms with van der Waals surface area (Å²) < 4.78 is 349. The Morgan fingerprint density at radius 1 is 0.395 bits per heavy atom. The van der Waals surface area contributed by atoms with Crippen molar-refractivity contribution in [2.75, 3.05) is 0 Å². The lowest BCUT2D eigenvalue weighted by Gasteiger charge is -2.46. The molecule has 0 radical (unpaired) electrons. The first-order valence-electron chi connectivity index (χ1n) is 23.7. The van der Waals surface area contributed by atoms with Crippen molar-refractivity contribution in [1.29, 1.82) is 0 Å². The highest BCUT2D eigenvalue weighted by molar-refractivity contribution is 7.20. The van der Waals surface area contributed by atoms with Gasteiger partial charge in [-0.25, -0.2) is 0 Å². The molecule has 6 nitrogen and oxygen atoms in total. The van der Waals surface area contributed by atoms with Gasteiger partial charge in [-0.2, -0.15) is 132 Å². The van der Waals surface area contributed by atoms with E-state index in [0.717, 1.165) is 10.9 Å². The second kappa shape index (κ2) is 22.9. The van der Waals surface area contributed by atoms with Crippen LogP contribution < -0.4 is 31.2 Å². The summed E-state index contributed by atoms with van der Waals surface area (Å²) in [6.45, 7) is 0.0790. The highest BCUT2D eigenvalue weighted by Gasteiger charge is 2.47. The summed E-state index contributed by atoms with van der Waals surface area (Å²) >= 11 is 0. The van der Waals surface area contributed by atoms with Crippen molar-refractivity contribution in [2.24, 2.45) is 0 Å². The van der Waals surface area contributed by atoms with Crippen LogP contribution in [0.15, 0.2) is 164 Å². The molecule has 31 heteroatoms. The lowest BCUT2D eigenvalue weighted by Crippen LogP contribution is -2.75. The number of carbonyl (C=O) groups excluding carboxylic acids is 1. The van der Waals surface area contributed by atoms with Crippen LogP contribution >= 0.6 is 0 Å². The first-order valence-corrected chi connectivity index (χ1v) is 23.7. The number of ketones is 1. The number of nitro groups is 1. The Kier molecular flexibility index (Phi) is 17.2. The maximum Gasteiger partial charge on any atom is 0.416 e. The van der Waals surface area contributed by atoms with Gasteiger partial charge in [0.1, 0.15) is 11.9 Å². The molecule has 1 aromatic heterocycles. The summed E-state index contributed by atoms with van der Waals surface area (Å²) in [5.41, 5.74) is -28.8. The lowest BCUT2D eigenvalue weighted by molar-refractivity contribution is -0.661. The molecule has 1 heterocycles. The van der Waals surface area contributed by atoms with Crippen molar-refractivity contribution in [3.63, 3.8) is 0 Å². The van der Waals surface area contributed by atoms with Gasteiger partial charge >= 0.3 is 55.3 Å². The third-order valence-corrected chi connectivity index (χ3v) is 13.0. The second-order valence-electron chi connectivity index (χ2n) is 18.7. The minimum absolute atomic E-state index is 0.0594. The Morgan fingerprint density at radius 3 is 1.05 bits per heavy atom. The maximum atomic E-state index is 14.2. The predicted molar refractivity (Wildman–Crippen MR) is 258 cm³/mol. The Labute approximate surface area is 465 Å². The van der Waals surface area contributed by atoms with E-state index in [2.05, 4.69) is 0 Å². The standard InChI is InChI=1S/C32H12BF24.C23H17N2O4/c34-25(35,36)13-1-14(26(37,38)39)6-21(5-13)33(22-7-15(27(40,41)42)2-16(8-22)28(43,44)45,23-9-17(29(46,47)48)3-18(10-23)30(49,50)51)24-11-19(31(52,53)54)4-20(12-24)32(55,56)57;26-22(18-8-2-1-3-9-18)16-24-21-12-5-4-7-17(21)13-14-23(24)29-20-11-6-10-19(15-20)25(27)28/h1-12H;1-15H,16H2/q-1;+1. The summed E-state index contributed by atoms with van der Waals surface area (Å²) in [4.78, 5) is 23.4. The fourth-order valence-electron chi connectivity index (χ4n) is 9.21. The van der Waals surface area contributed by atoms with Gasteiger partial charge in [0.2, 0.25) is 17.8 Å². The molecule has 0 bridgehead atoms. The van der Waals surface area contributed by atoms with Crippen LogP contribution in [0.4, 0.5) is 111 Å². The van der Waals surface area contributed by atoms with Crippen molar-refractivity contribution >= 4 is 50.4 Å². The molecule has 7 aromatic carbocycles. The summed E-state index contributed by atoms with van der Waals surface area (Å²) in [7, 11) is 0. The predicted octanol–water partition coefficient (Wildman–Crippen LogP) is 15.9. The third kappa shape index (κ3) is 14.5. The van der Waals surface area contributed by atoms with E-state index in [1.54, 1.807) is 34.9 Å². The molecule has 86 heavy (non-hydrogen) atoms. The number of Topliss-reactive ketones (excluding diaryl/α,β-unsaturated/α-hetero) is 1. The van der Waals surface area contributed by atoms with Crippen molar-refractivity contribution in [1.82, 2.24) is 0 Å². The smallest absolute Gasteiger partial charge is 0.405 e. The van der Waals surface area contributed by atoms with Crippen molar-refractivity contribution in [3.05, 3.63) is 224 Å². The van der Waals surface area contributed by atoms with Crippen LogP contribution in [0.25, 0.3) is 10.9 Å². The largest absolute Gasteiger partial charge is 0.416 e. The van der Waals surface area contributed by atoms with Crippen LogP contribution in [0.2, 0.25) is 0 Å². The lowest BCUT2D eigenvalue weighted by atomic mass is 9.12. The minimum atomic E-state index is -6.13. The van der Waals surface area contributed by atoms with Gasteiger partial charge in [-0.1, -0.05) is 97.1 Å². The topological polar surface area (TPSA) is 73.3 Å². The number of para-hydroxylation sites is 1. The number of carbonyl (C=O) groups is 1. The number of pyridine rings is 1. The Hall–Kier alpha value is -8.80. The number of hydrogen-bond acceptors (Lipinski definition) is 4. The molecule has 0 fully saturated rings. The normalized spacial score (nSPS) is 13.1. The molecule has 0 aliphatic rings. The van der Waals surface area contributed by atoms with Crippen molar-refractivity contribution < 1.29 is 124 Å². The van der Waals surface area contributed by atoms with Gasteiger partial charge in [0.25, 0.3) is 5.69 Å². The van der Waals surface area contributed by atoms with E-state index in [4.69, 9.17) is 4.74 Å². The molecule has 454 valence electrons. The molecule has 0 N–H and O–H groups in total. The van der Waals surface area contributed by atoms with Crippen LogP contribution in [0, 0.1) is 10.1 Å². The highest BCUT2D eigenvalue weighted by atomic mass is 19.4. The summed E-state index contributed by atoms with van der Waals surface area (Å²) in [6, 6.07) is 17.5. The number of aromatic nitrogens is 1. The zero-order valence-electron chi connectivity index (χ0n) is 42.0. The SMILES string of the molecule is FC(F)(F)c1cc([B-](c2cc(C(F)(F)F)cc(C(F)(F)F)c2)(c2cc(C(F)(F)F)cc(C(F)(F)F)c2)c2cc(C(F)(F)F)cc(C(F)(F)F)c2)cc(C(F)(F)F)c1.O=C(C[n+]1c(Oc2cccc([N+](=O)[O-])c2)ccc2ccccc21)c1ccccc1.